The van der Waals surface area contributed by atoms with E-state index < -0.39 is 5.43 Å². The summed E-state index contributed by atoms with van der Waals surface area (Å²) in [6.07, 6.45) is 3.85. The van der Waals surface area contributed by atoms with E-state index in [1.807, 2.05) is 0 Å². The molecule has 0 aromatic carbocycles. The van der Waals surface area contributed by atoms with Crippen LogP contribution in [0, 0.1) is 0 Å². The Labute approximate surface area is 126 Å². The van der Waals surface area contributed by atoms with Crippen molar-refractivity contribution in [2.75, 3.05) is 13.1 Å². The van der Waals surface area contributed by atoms with Gasteiger partial charge in [0.05, 0.1) is 12.3 Å². The maximum absolute atomic E-state index is 11.8. The van der Waals surface area contributed by atoms with Gasteiger partial charge in [0.25, 0.3) is 0 Å². The van der Waals surface area contributed by atoms with Crippen molar-refractivity contribution in [3.63, 3.8) is 0 Å². The van der Waals surface area contributed by atoms with Gasteiger partial charge in [-0.2, -0.15) is 0 Å². The highest BCUT2D eigenvalue weighted by Crippen LogP contribution is 2.18. The van der Waals surface area contributed by atoms with E-state index in [1.165, 1.54) is 6.07 Å². The smallest absolute Gasteiger partial charge is 0.223 e. The molecule has 0 fully saturated rings. The van der Waals surface area contributed by atoms with Gasteiger partial charge < -0.3 is 14.8 Å². The molecule has 21 heavy (non-hydrogen) atoms. The predicted octanol–water partition coefficient (Wildman–Crippen LogP) is 1.85. The van der Waals surface area contributed by atoms with Gasteiger partial charge >= 0.3 is 0 Å². The summed E-state index contributed by atoms with van der Waals surface area (Å²) in [5, 5.41) is 19.5. The zero-order valence-corrected chi connectivity index (χ0v) is 13.0. The number of hydrogen-bond acceptors (Lipinski definition) is 4. The molecule has 0 saturated heterocycles. The summed E-state index contributed by atoms with van der Waals surface area (Å²) >= 11 is 0. The Hall–Kier alpha value is -1.59. The first-order valence-electron chi connectivity index (χ1n) is 7.47. The zero-order valence-electron chi connectivity index (χ0n) is 13.0. The lowest BCUT2D eigenvalue weighted by molar-refractivity contribution is 0.250. The zero-order chi connectivity index (χ0) is 15.8. The molecule has 0 aliphatic rings. The van der Waals surface area contributed by atoms with E-state index in [4.69, 9.17) is 0 Å². The highest BCUT2D eigenvalue weighted by Gasteiger charge is 2.16. The van der Waals surface area contributed by atoms with Gasteiger partial charge in [-0.15, -0.1) is 6.58 Å². The second-order valence-corrected chi connectivity index (χ2v) is 5.07. The molecular weight excluding hydrogens is 268 g/mol. The van der Waals surface area contributed by atoms with E-state index in [1.54, 1.807) is 10.6 Å². The number of pyridine rings is 1. The summed E-state index contributed by atoms with van der Waals surface area (Å²) in [5.41, 5.74) is 0.601. The Morgan fingerprint density at radius 2 is 2.14 bits per heavy atom. The summed E-state index contributed by atoms with van der Waals surface area (Å²) < 4.78 is 1.76. The van der Waals surface area contributed by atoms with Gasteiger partial charge in [-0.05, 0) is 19.5 Å². The third-order valence-corrected chi connectivity index (χ3v) is 3.60. The van der Waals surface area contributed by atoms with Gasteiger partial charge in [-0.1, -0.05) is 26.3 Å². The van der Waals surface area contributed by atoms with E-state index in [0.29, 0.717) is 24.5 Å². The maximum Gasteiger partial charge on any atom is 0.223 e. The molecule has 0 unspecified atom stereocenters. The number of allylic oxidation sites excluding steroid dienone is 1. The van der Waals surface area contributed by atoms with Gasteiger partial charge in [0.2, 0.25) is 5.43 Å². The number of rotatable bonds is 9. The van der Waals surface area contributed by atoms with Gasteiger partial charge in [0.1, 0.15) is 0 Å². The van der Waals surface area contributed by atoms with Crippen molar-refractivity contribution in [1.82, 2.24) is 9.47 Å². The van der Waals surface area contributed by atoms with Crippen LogP contribution >= 0.6 is 0 Å². The van der Waals surface area contributed by atoms with Crippen molar-refractivity contribution >= 4 is 0 Å². The SMILES string of the molecule is C=CCn1c(CO)cc(=O)c(O)c1CN(CC)CCCC. The lowest BCUT2D eigenvalue weighted by Gasteiger charge is -2.24. The minimum Gasteiger partial charge on any atom is -0.503 e. The molecule has 1 aromatic heterocycles. The average Bonchev–Trinajstić information content (AvgIpc) is 2.49. The van der Waals surface area contributed by atoms with E-state index in [0.717, 1.165) is 25.9 Å². The number of aliphatic hydroxyl groups is 1. The van der Waals surface area contributed by atoms with Crippen molar-refractivity contribution in [2.24, 2.45) is 0 Å². The monoisotopic (exact) mass is 294 g/mol. The molecule has 0 spiro atoms. The summed E-state index contributed by atoms with van der Waals surface area (Å²) in [5.74, 6) is -0.232. The van der Waals surface area contributed by atoms with Crippen LogP contribution in [-0.2, 0) is 19.7 Å². The fourth-order valence-electron chi connectivity index (χ4n) is 2.33. The molecule has 0 atom stereocenters. The number of aromatic hydroxyl groups is 1. The van der Waals surface area contributed by atoms with Crippen LogP contribution in [0.1, 0.15) is 38.1 Å². The van der Waals surface area contributed by atoms with Crippen LogP contribution in [0.3, 0.4) is 0 Å². The summed E-state index contributed by atoms with van der Waals surface area (Å²) in [6, 6.07) is 1.28. The number of nitrogens with zero attached hydrogens (tertiary/aromatic N) is 2. The van der Waals surface area contributed by atoms with Crippen LogP contribution in [0.5, 0.6) is 5.75 Å². The molecule has 118 valence electrons. The molecule has 5 nitrogen and oxygen atoms in total. The van der Waals surface area contributed by atoms with Gasteiger partial charge in [0.15, 0.2) is 5.75 Å². The van der Waals surface area contributed by atoms with Crippen LogP contribution in [0.4, 0.5) is 0 Å². The highest BCUT2D eigenvalue weighted by molar-refractivity contribution is 5.30. The molecular formula is C16H26N2O3. The first kappa shape index (κ1) is 17.5. The fourth-order valence-corrected chi connectivity index (χ4v) is 2.33. The van der Waals surface area contributed by atoms with E-state index in [9.17, 15) is 15.0 Å². The molecule has 0 saturated carbocycles. The molecule has 1 rings (SSSR count). The lowest BCUT2D eigenvalue weighted by atomic mass is 10.2. The van der Waals surface area contributed by atoms with Crippen LogP contribution in [0.25, 0.3) is 0 Å². The first-order valence-corrected chi connectivity index (χ1v) is 7.47. The number of hydrogen-bond donors (Lipinski definition) is 2. The Balaban J connectivity index is 3.21. The Bertz CT molecular complexity index is 523. The Morgan fingerprint density at radius 3 is 2.67 bits per heavy atom. The molecule has 5 heteroatoms. The normalized spacial score (nSPS) is 11.0. The van der Waals surface area contributed by atoms with Gasteiger partial charge in [0, 0.05) is 24.8 Å². The van der Waals surface area contributed by atoms with Crippen LogP contribution in [0.15, 0.2) is 23.5 Å². The third kappa shape index (κ3) is 4.44. The summed E-state index contributed by atoms with van der Waals surface area (Å²) in [7, 11) is 0. The number of aromatic nitrogens is 1. The standard InChI is InChI=1S/C16H26N2O3/c1-4-7-9-17(6-3)11-14-16(21)15(20)10-13(12-19)18(14)8-5-2/h5,10,19,21H,2,4,6-9,11-12H2,1,3H3. The van der Waals surface area contributed by atoms with Crippen molar-refractivity contribution in [2.45, 2.75) is 46.4 Å². The molecule has 1 aromatic rings. The first-order chi connectivity index (χ1) is 10.1. The highest BCUT2D eigenvalue weighted by atomic mass is 16.3. The van der Waals surface area contributed by atoms with Crippen LogP contribution in [0.2, 0.25) is 0 Å². The molecule has 0 radical (unpaired) electrons. The van der Waals surface area contributed by atoms with Crippen LogP contribution in [-0.4, -0.2) is 32.8 Å². The Kier molecular flexibility index (Phi) is 7.19. The predicted molar refractivity (Wildman–Crippen MR) is 84.3 cm³/mol. The topological polar surface area (TPSA) is 65.7 Å². The van der Waals surface area contributed by atoms with E-state index in [-0.39, 0.29) is 12.4 Å². The van der Waals surface area contributed by atoms with Gasteiger partial charge in [-0.25, -0.2) is 0 Å². The largest absolute Gasteiger partial charge is 0.503 e. The fraction of sp³-hybridized carbons (Fsp3) is 0.562. The van der Waals surface area contributed by atoms with E-state index >= 15 is 0 Å². The van der Waals surface area contributed by atoms with Crippen LogP contribution < -0.4 is 5.43 Å². The average molecular weight is 294 g/mol. The molecule has 0 aliphatic carbocycles. The van der Waals surface area contributed by atoms with Crippen molar-refractivity contribution < 1.29 is 10.2 Å². The molecule has 2 N–H and O–H groups in total. The third-order valence-electron chi connectivity index (χ3n) is 3.60. The lowest BCUT2D eigenvalue weighted by Crippen LogP contribution is -2.28. The van der Waals surface area contributed by atoms with Crippen molar-refractivity contribution in [1.29, 1.82) is 0 Å². The molecule has 1 heterocycles. The second kappa shape index (κ2) is 8.64. The minimum atomic E-state index is -0.444. The quantitative estimate of drug-likeness (QED) is 0.682. The summed E-state index contributed by atoms with van der Waals surface area (Å²) in [4.78, 5) is 14.0. The second-order valence-electron chi connectivity index (χ2n) is 5.07. The van der Waals surface area contributed by atoms with E-state index in [2.05, 4.69) is 25.3 Å². The summed E-state index contributed by atoms with van der Waals surface area (Å²) in [6.45, 7) is 10.3. The maximum atomic E-state index is 11.8. The molecule has 0 bridgehead atoms. The Morgan fingerprint density at radius 1 is 1.43 bits per heavy atom. The number of aliphatic hydroxyl groups excluding tert-OH is 1. The molecule has 0 aliphatic heterocycles. The minimum absolute atomic E-state index is 0.232. The van der Waals surface area contributed by atoms with Gasteiger partial charge in [-0.3, -0.25) is 9.69 Å². The number of unbranched alkanes of at least 4 members (excludes halogenated alkanes) is 1. The molecule has 0 amide bonds. The van der Waals surface area contributed by atoms with Crippen molar-refractivity contribution in [3.8, 4) is 5.75 Å². The van der Waals surface area contributed by atoms with Crippen molar-refractivity contribution in [3.05, 3.63) is 40.3 Å².